The van der Waals surface area contributed by atoms with E-state index in [4.69, 9.17) is 0 Å². The maximum absolute atomic E-state index is 13.6. The van der Waals surface area contributed by atoms with Gasteiger partial charge >= 0.3 is 0 Å². The second kappa shape index (κ2) is 14.2. The highest BCUT2D eigenvalue weighted by molar-refractivity contribution is 8.00. The van der Waals surface area contributed by atoms with Gasteiger partial charge in [-0.25, -0.2) is 0 Å². The minimum absolute atomic E-state index is 0.0731. The molecule has 4 amide bonds. The molecule has 1 unspecified atom stereocenters. The van der Waals surface area contributed by atoms with Crippen molar-refractivity contribution in [1.29, 1.82) is 0 Å². The van der Waals surface area contributed by atoms with Gasteiger partial charge in [0.1, 0.15) is 5.70 Å². The molecule has 1 aromatic heterocycles. The fourth-order valence-electron chi connectivity index (χ4n) is 4.50. The Labute approximate surface area is 264 Å². The van der Waals surface area contributed by atoms with Gasteiger partial charge in [-0.2, -0.15) is 0 Å². The van der Waals surface area contributed by atoms with Crippen LogP contribution in [0.4, 0.5) is 17.1 Å². The molecule has 0 aliphatic carbocycles. The Hall–Kier alpha value is -5.61. The molecule has 5 rings (SSSR count). The molecule has 226 valence electrons. The lowest BCUT2D eigenvalue weighted by Crippen LogP contribution is -2.30. The first kappa shape index (κ1) is 30.8. The summed E-state index contributed by atoms with van der Waals surface area (Å²) in [6.07, 6.45) is 3.43. The van der Waals surface area contributed by atoms with Gasteiger partial charge in [-0.05, 0) is 73.7 Å². The van der Waals surface area contributed by atoms with Crippen LogP contribution in [0.2, 0.25) is 0 Å². The van der Waals surface area contributed by atoms with Crippen LogP contribution in [0.5, 0.6) is 0 Å². The number of aromatic amines is 1. The van der Waals surface area contributed by atoms with Crippen LogP contribution in [-0.2, 0) is 14.4 Å². The second-order valence-corrected chi connectivity index (χ2v) is 11.6. The predicted octanol–water partition coefficient (Wildman–Crippen LogP) is 6.66. The first-order chi connectivity index (χ1) is 21.7. The summed E-state index contributed by atoms with van der Waals surface area (Å²) in [7, 11) is 0. The summed E-state index contributed by atoms with van der Waals surface area (Å²) in [4.78, 5) is 54.7. The minimum atomic E-state index is -0.500. The van der Waals surface area contributed by atoms with Crippen molar-refractivity contribution in [3.8, 4) is 0 Å². The van der Waals surface area contributed by atoms with Crippen molar-refractivity contribution < 1.29 is 19.2 Å². The summed E-state index contributed by atoms with van der Waals surface area (Å²) in [6, 6.07) is 30.4. The van der Waals surface area contributed by atoms with Crippen molar-refractivity contribution in [3.05, 3.63) is 126 Å². The van der Waals surface area contributed by atoms with Gasteiger partial charge in [0.05, 0.1) is 5.25 Å². The second-order valence-electron chi connectivity index (χ2n) is 10.2. The van der Waals surface area contributed by atoms with Gasteiger partial charge in [-0.1, -0.05) is 42.5 Å². The maximum atomic E-state index is 13.6. The van der Waals surface area contributed by atoms with Gasteiger partial charge in [0.2, 0.25) is 11.8 Å². The number of nitrogens with one attached hydrogen (secondary N) is 5. The van der Waals surface area contributed by atoms with E-state index in [0.717, 1.165) is 21.4 Å². The molecule has 0 spiro atoms. The zero-order valence-corrected chi connectivity index (χ0v) is 25.4. The van der Waals surface area contributed by atoms with Crippen molar-refractivity contribution in [3.63, 3.8) is 0 Å². The van der Waals surface area contributed by atoms with E-state index < -0.39 is 17.1 Å². The number of H-pyrrole nitrogens is 1. The number of hydrogen-bond acceptors (Lipinski definition) is 5. The third kappa shape index (κ3) is 8.27. The van der Waals surface area contributed by atoms with Crippen LogP contribution in [0.25, 0.3) is 17.0 Å². The van der Waals surface area contributed by atoms with E-state index in [-0.39, 0.29) is 17.5 Å². The molecule has 0 fully saturated rings. The summed E-state index contributed by atoms with van der Waals surface area (Å²) >= 11 is 1.34. The molecule has 0 aliphatic heterocycles. The van der Waals surface area contributed by atoms with Crippen LogP contribution in [-0.4, -0.2) is 33.9 Å². The Morgan fingerprint density at radius 3 is 2.18 bits per heavy atom. The molecule has 4 aromatic carbocycles. The van der Waals surface area contributed by atoms with Gasteiger partial charge in [-0.3, -0.25) is 19.2 Å². The summed E-state index contributed by atoms with van der Waals surface area (Å²) in [5, 5.41) is 11.7. The molecule has 5 N–H and O–H groups in total. The van der Waals surface area contributed by atoms with E-state index in [1.165, 1.54) is 18.7 Å². The van der Waals surface area contributed by atoms with Crippen LogP contribution < -0.4 is 21.3 Å². The lowest BCUT2D eigenvalue weighted by molar-refractivity contribution is -0.115. The lowest BCUT2D eigenvalue weighted by atomic mass is 10.1. The number of amides is 4. The zero-order valence-electron chi connectivity index (χ0n) is 24.6. The highest BCUT2D eigenvalue weighted by atomic mass is 32.2. The molecule has 1 heterocycles. The standard InChI is InChI=1S/C35H31N5O4S/c1-22(33(42)38-27-17-15-26(16-18-27)37-23(2)41)45-29-12-8-11-28(20-29)39-35(44)32(40-34(43)24-9-4-3-5-10-24)19-25-21-36-31-14-7-6-13-30(25)31/h3-22,36H,1-2H3,(H,37,41)(H,38,42)(H,39,44)(H,40,43)/b32-19-. The van der Waals surface area contributed by atoms with E-state index in [1.54, 1.807) is 85.9 Å². The van der Waals surface area contributed by atoms with E-state index in [9.17, 15) is 19.2 Å². The molecular formula is C35H31N5O4S. The van der Waals surface area contributed by atoms with E-state index in [0.29, 0.717) is 22.6 Å². The van der Waals surface area contributed by atoms with Crippen LogP contribution >= 0.6 is 11.8 Å². The molecule has 1 atom stereocenters. The molecule has 10 heteroatoms. The summed E-state index contributed by atoms with van der Waals surface area (Å²) < 4.78 is 0. The van der Waals surface area contributed by atoms with Crippen molar-refractivity contribution in [2.45, 2.75) is 24.0 Å². The van der Waals surface area contributed by atoms with Gasteiger partial charge in [0, 0.05) is 57.1 Å². The number of fused-ring (bicyclic) bond motifs is 1. The molecule has 0 radical (unpaired) electrons. The topological polar surface area (TPSA) is 132 Å². The monoisotopic (exact) mass is 617 g/mol. The Kier molecular flexibility index (Phi) is 9.76. The summed E-state index contributed by atoms with van der Waals surface area (Å²) in [6.45, 7) is 3.22. The molecule has 0 aliphatic rings. The average Bonchev–Trinajstić information content (AvgIpc) is 3.44. The Morgan fingerprint density at radius 2 is 1.44 bits per heavy atom. The number of carbonyl (C=O) groups is 4. The SMILES string of the molecule is CC(=O)Nc1ccc(NC(=O)C(C)Sc2cccc(NC(=O)/C(=C/c3c[nH]c4ccccc34)NC(=O)c3ccccc3)c2)cc1. The van der Waals surface area contributed by atoms with Gasteiger partial charge in [0.25, 0.3) is 11.8 Å². The number of rotatable bonds is 10. The minimum Gasteiger partial charge on any atom is -0.361 e. The van der Waals surface area contributed by atoms with Crippen molar-refractivity contribution in [2.24, 2.45) is 0 Å². The number of anilines is 3. The largest absolute Gasteiger partial charge is 0.361 e. The van der Waals surface area contributed by atoms with Crippen LogP contribution in [0.15, 0.2) is 120 Å². The molecule has 0 bridgehead atoms. The predicted molar refractivity (Wildman–Crippen MR) is 180 cm³/mol. The van der Waals surface area contributed by atoms with E-state index in [1.807, 2.05) is 36.4 Å². The number of thioether (sulfide) groups is 1. The highest BCUT2D eigenvalue weighted by Crippen LogP contribution is 2.27. The van der Waals surface area contributed by atoms with Gasteiger partial charge in [-0.15, -0.1) is 11.8 Å². The molecule has 0 saturated carbocycles. The smallest absolute Gasteiger partial charge is 0.272 e. The molecule has 45 heavy (non-hydrogen) atoms. The molecule has 5 aromatic rings. The number of para-hydroxylation sites is 1. The van der Waals surface area contributed by atoms with Crippen LogP contribution in [0.3, 0.4) is 0 Å². The Balaban J connectivity index is 1.29. The van der Waals surface area contributed by atoms with Crippen molar-refractivity contribution >= 4 is 69.4 Å². The van der Waals surface area contributed by atoms with E-state index >= 15 is 0 Å². The number of hydrogen-bond donors (Lipinski definition) is 5. The number of aromatic nitrogens is 1. The average molecular weight is 618 g/mol. The van der Waals surface area contributed by atoms with Crippen molar-refractivity contribution in [2.75, 3.05) is 16.0 Å². The third-order valence-electron chi connectivity index (χ3n) is 6.70. The number of carbonyl (C=O) groups excluding carboxylic acids is 4. The Bertz CT molecular complexity index is 1880. The van der Waals surface area contributed by atoms with Crippen LogP contribution in [0, 0.1) is 0 Å². The first-order valence-electron chi connectivity index (χ1n) is 14.2. The first-order valence-corrected chi connectivity index (χ1v) is 15.0. The Morgan fingerprint density at radius 1 is 0.756 bits per heavy atom. The molecule has 0 saturated heterocycles. The van der Waals surface area contributed by atoms with Gasteiger partial charge in [0.15, 0.2) is 0 Å². The molecular weight excluding hydrogens is 586 g/mol. The number of benzene rings is 4. The normalized spacial score (nSPS) is 11.8. The van der Waals surface area contributed by atoms with Crippen molar-refractivity contribution in [1.82, 2.24) is 10.3 Å². The fraction of sp³-hybridized carbons (Fsp3) is 0.0857. The fourth-order valence-corrected chi connectivity index (χ4v) is 5.42. The lowest BCUT2D eigenvalue weighted by Gasteiger charge is -2.14. The zero-order chi connectivity index (χ0) is 31.8. The van der Waals surface area contributed by atoms with Crippen LogP contribution in [0.1, 0.15) is 29.8 Å². The summed E-state index contributed by atoms with van der Waals surface area (Å²) in [5.41, 5.74) is 3.90. The molecule has 9 nitrogen and oxygen atoms in total. The third-order valence-corrected chi connectivity index (χ3v) is 7.79. The maximum Gasteiger partial charge on any atom is 0.272 e. The highest BCUT2D eigenvalue weighted by Gasteiger charge is 2.18. The summed E-state index contributed by atoms with van der Waals surface area (Å²) in [5.74, 6) is -1.28. The van der Waals surface area contributed by atoms with Gasteiger partial charge < -0.3 is 26.3 Å². The van der Waals surface area contributed by atoms with E-state index in [2.05, 4.69) is 26.3 Å². The quantitative estimate of drug-likeness (QED) is 0.0884.